The molecule has 0 saturated heterocycles. The molecule has 0 aromatic heterocycles. The number of nitrogens with one attached hydrogen (secondary N) is 1. The molecule has 112 valence electrons. The van der Waals surface area contributed by atoms with Gasteiger partial charge in [-0.15, -0.1) is 0 Å². The van der Waals surface area contributed by atoms with E-state index >= 15 is 0 Å². The number of hydrogen-bond donors (Lipinski definition) is 1. The maximum atomic E-state index is 12.7. The van der Waals surface area contributed by atoms with Gasteiger partial charge in [0.25, 0.3) is 0 Å². The van der Waals surface area contributed by atoms with Crippen LogP contribution in [0.25, 0.3) is 0 Å². The van der Waals surface area contributed by atoms with Gasteiger partial charge in [-0.05, 0) is 24.6 Å². The van der Waals surface area contributed by atoms with E-state index in [-0.39, 0.29) is 12.5 Å². The van der Waals surface area contributed by atoms with Crippen LogP contribution in [0.5, 0.6) is 0 Å². The fraction of sp³-hybridized carbons (Fsp3) is 0.417. The van der Waals surface area contributed by atoms with Crippen LogP contribution in [0.2, 0.25) is 0 Å². The summed E-state index contributed by atoms with van der Waals surface area (Å²) in [5, 5.41) is 1.97. The van der Waals surface area contributed by atoms with Crippen LogP contribution in [0.1, 0.15) is 30.9 Å². The molecule has 8 heteroatoms. The van der Waals surface area contributed by atoms with Crippen molar-refractivity contribution in [1.29, 1.82) is 0 Å². The summed E-state index contributed by atoms with van der Waals surface area (Å²) in [7, 11) is 0. The van der Waals surface area contributed by atoms with Gasteiger partial charge in [-0.25, -0.2) is 0 Å². The lowest BCUT2D eigenvalue weighted by molar-refractivity contribution is -0.142. The van der Waals surface area contributed by atoms with Crippen LogP contribution in [0.15, 0.2) is 18.2 Å². The Balaban J connectivity index is 3.21. The van der Waals surface area contributed by atoms with Crippen LogP contribution in [0.4, 0.5) is 32.0 Å². The van der Waals surface area contributed by atoms with E-state index in [1.54, 1.807) is 6.92 Å². The Hall–Kier alpha value is -1.73. The number of hydrogen-bond acceptors (Lipinski definition) is 1. The Bertz CT molecular complexity index is 492. The molecule has 0 aliphatic heterocycles. The van der Waals surface area contributed by atoms with Crippen LogP contribution >= 0.6 is 0 Å². The first-order valence-electron chi connectivity index (χ1n) is 5.64. The van der Waals surface area contributed by atoms with Gasteiger partial charge in [0.15, 0.2) is 0 Å². The molecule has 1 rings (SSSR count). The Morgan fingerprint density at radius 1 is 1.10 bits per heavy atom. The van der Waals surface area contributed by atoms with Crippen LogP contribution < -0.4 is 5.32 Å². The summed E-state index contributed by atoms with van der Waals surface area (Å²) in [5.74, 6) is -0.683. The van der Waals surface area contributed by atoms with Gasteiger partial charge in [0.05, 0.1) is 16.8 Å². The van der Waals surface area contributed by atoms with Gasteiger partial charge >= 0.3 is 12.4 Å². The van der Waals surface area contributed by atoms with Crippen LogP contribution in [0.3, 0.4) is 0 Å². The van der Waals surface area contributed by atoms with E-state index in [2.05, 4.69) is 0 Å². The molecule has 0 bridgehead atoms. The second-order valence-corrected chi connectivity index (χ2v) is 4.05. The number of carbonyl (C=O) groups is 1. The fourth-order valence-corrected chi connectivity index (χ4v) is 1.50. The van der Waals surface area contributed by atoms with Crippen molar-refractivity contribution >= 4 is 11.6 Å². The highest BCUT2D eigenvalue weighted by Gasteiger charge is 2.38. The summed E-state index contributed by atoms with van der Waals surface area (Å²) in [6, 6.07) is 1.09. The molecule has 1 amide bonds. The fourth-order valence-electron chi connectivity index (χ4n) is 1.50. The molecule has 1 aromatic rings. The van der Waals surface area contributed by atoms with Crippen LogP contribution in [-0.2, 0) is 17.1 Å². The summed E-state index contributed by atoms with van der Waals surface area (Å²) in [5.41, 5.74) is -3.61. The van der Waals surface area contributed by atoms with Gasteiger partial charge in [-0.1, -0.05) is 6.92 Å². The molecule has 0 unspecified atom stereocenters. The standard InChI is InChI=1S/C12H11F6NO/c1-2-3-10(20)19-9-5-4-7(11(13,14)15)6-8(9)12(16,17)18/h4-6H,2-3H2,1H3,(H,19,20). The van der Waals surface area contributed by atoms with E-state index in [9.17, 15) is 31.1 Å². The highest BCUT2D eigenvalue weighted by atomic mass is 19.4. The third kappa shape index (κ3) is 4.14. The molecular formula is C12H11F6NO. The van der Waals surface area contributed by atoms with Crippen molar-refractivity contribution in [2.24, 2.45) is 0 Å². The lowest BCUT2D eigenvalue weighted by atomic mass is 10.1. The first-order chi connectivity index (χ1) is 9.05. The van der Waals surface area contributed by atoms with Crippen LogP contribution in [0, 0.1) is 0 Å². The van der Waals surface area contributed by atoms with E-state index in [4.69, 9.17) is 0 Å². The molecule has 0 heterocycles. The summed E-state index contributed by atoms with van der Waals surface area (Å²) in [4.78, 5) is 11.3. The third-order valence-corrected chi connectivity index (χ3v) is 2.40. The lowest BCUT2D eigenvalue weighted by Gasteiger charge is -2.16. The number of amides is 1. The average Bonchev–Trinajstić information content (AvgIpc) is 2.26. The highest BCUT2D eigenvalue weighted by molar-refractivity contribution is 5.91. The maximum absolute atomic E-state index is 12.7. The maximum Gasteiger partial charge on any atom is 0.418 e. The smallest absolute Gasteiger partial charge is 0.326 e. The van der Waals surface area contributed by atoms with Gasteiger partial charge in [-0.3, -0.25) is 4.79 Å². The molecule has 0 aliphatic carbocycles. The summed E-state index contributed by atoms with van der Waals surface area (Å²) >= 11 is 0. The summed E-state index contributed by atoms with van der Waals surface area (Å²) in [6.45, 7) is 1.65. The molecule has 0 spiro atoms. The minimum absolute atomic E-state index is 0.0123. The lowest BCUT2D eigenvalue weighted by Crippen LogP contribution is -2.17. The number of halogens is 6. The van der Waals surface area contributed by atoms with Gasteiger partial charge in [0.2, 0.25) is 5.91 Å². The molecule has 0 saturated carbocycles. The zero-order valence-electron chi connectivity index (χ0n) is 10.3. The van der Waals surface area contributed by atoms with Crippen molar-refractivity contribution in [3.8, 4) is 0 Å². The number of anilines is 1. The predicted molar refractivity (Wildman–Crippen MR) is 60.0 cm³/mol. The Labute approximate surface area is 110 Å². The molecule has 1 aromatic carbocycles. The molecule has 0 atom stereocenters. The third-order valence-electron chi connectivity index (χ3n) is 2.40. The molecule has 1 N–H and O–H groups in total. The zero-order valence-corrected chi connectivity index (χ0v) is 10.3. The minimum atomic E-state index is -4.99. The van der Waals surface area contributed by atoms with Gasteiger partial charge < -0.3 is 5.32 Å². The number of carbonyl (C=O) groups excluding carboxylic acids is 1. The van der Waals surface area contributed by atoms with Crippen molar-refractivity contribution in [1.82, 2.24) is 0 Å². The monoisotopic (exact) mass is 299 g/mol. The first-order valence-corrected chi connectivity index (χ1v) is 5.64. The molecule has 0 aliphatic rings. The molecule has 0 fully saturated rings. The van der Waals surface area contributed by atoms with Crippen molar-refractivity contribution < 1.29 is 31.1 Å². The SMILES string of the molecule is CCCC(=O)Nc1ccc(C(F)(F)F)cc1C(F)(F)F. The molecule has 0 radical (unpaired) electrons. The van der Waals surface area contributed by atoms with Crippen molar-refractivity contribution in [3.63, 3.8) is 0 Å². The quantitative estimate of drug-likeness (QED) is 0.820. The van der Waals surface area contributed by atoms with Gasteiger partial charge in [0.1, 0.15) is 0 Å². The van der Waals surface area contributed by atoms with E-state index in [0.717, 1.165) is 0 Å². The van der Waals surface area contributed by atoms with Crippen molar-refractivity contribution in [2.75, 3.05) is 5.32 Å². The van der Waals surface area contributed by atoms with Crippen molar-refractivity contribution in [2.45, 2.75) is 32.1 Å². The molecular weight excluding hydrogens is 288 g/mol. The van der Waals surface area contributed by atoms with E-state index < -0.39 is 35.1 Å². The normalized spacial score (nSPS) is 12.3. The topological polar surface area (TPSA) is 29.1 Å². The second kappa shape index (κ2) is 5.72. The summed E-state index contributed by atoms with van der Waals surface area (Å²) in [6.07, 6.45) is -9.48. The highest BCUT2D eigenvalue weighted by Crippen LogP contribution is 2.39. The molecule has 2 nitrogen and oxygen atoms in total. The Morgan fingerprint density at radius 2 is 1.70 bits per heavy atom. The predicted octanol–water partition coefficient (Wildman–Crippen LogP) is 4.46. The van der Waals surface area contributed by atoms with Gasteiger partial charge in [0, 0.05) is 6.42 Å². The van der Waals surface area contributed by atoms with E-state index in [1.807, 2.05) is 5.32 Å². The van der Waals surface area contributed by atoms with Gasteiger partial charge in [-0.2, -0.15) is 26.3 Å². The number of alkyl halides is 6. The Kier molecular flexibility index (Phi) is 4.67. The zero-order chi connectivity index (χ0) is 15.6. The van der Waals surface area contributed by atoms with E-state index in [1.165, 1.54) is 0 Å². The van der Waals surface area contributed by atoms with Crippen molar-refractivity contribution in [3.05, 3.63) is 29.3 Å². The van der Waals surface area contributed by atoms with Crippen LogP contribution in [-0.4, -0.2) is 5.91 Å². The van der Waals surface area contributed by atoms with E-state index in [0.29, 0.717) is 18.6 Å². The minimum Gasteiger partial charge on any atom is -0.326 e. The number of rotatable bonds is 3. The number of benzene rings is 1. The second-order valence-electron chi connectivity index (χ2n) is 4.05. The Morgan fingerprint density at radius 3 is 2.15 bits per heavy atom. The average molecular weight is 299 g/mol. The molecule has 20 heavy (non-hydrogen) atoms. The first kappa shape index (κ1) is 16.3. The largest absolute Gasteiger partial charge is 0.418 e. The summed E-state index contributed by atoms with van der Waals surface area (Å²) < 4.78 is 75.5.